The van der Waals surface area contributed by atoms with Gasteiger partial charge in [0.2, 0.25) is 10.0 Å². The van der Waals surface area contributed by atoms with Crippen LogP contribution in [-0.2, 0) is 16.6 Å². The van der Waals surface area contributed by atoms with Crippen molar-refractivity contribution < 1.29 is 8.42 Å². The summed E-state index contributed by atoms with van der Waals surface area (Å²) in [5.41, 5.74) is 1.65. The minimum Gasteiger partial charge on any atom is -0.261 e. The summed E-state index contributed by atoms with van der Waals surface area (Å²) in [6.07, 6.45) is 1.89. The largest absolute Gasteiger partial charge is 0.261 e. The summed E-state index contributed by atoms with van der Waals surface area (Å²) in [7, 11) is -3.57. The van der Waals surface area contributed by atoms with Crippen molar-refractivity contribution in [1.82, 2.24) is 9.71 Å². The molecule has 1 rings (SSSR count). The van der Waals surface area contributed by atoms with E-state index in [0.29, 0.717) is 0 Å². The molecule has 0 aliphatic carbocycles. The van der Waals surface area contributed by atoms with Gasteiger partial charge in [-0.1, -0.05) is 13.0 Å². The van der Waals surface area contributed by atoms with Gasteiger partial charge in [-0.25, -0.2) is 13.1 Å². The lowest BCUT2D eigenvalue weighted by atomic mass is 10.2. The molecule has 1 atom stereocenters. The van der Waals surface area contributed by atoms with Crippen LogP contribution in [-0.4, -0.2) is 18.7 Å². The van der Waals surface area contributed by atoms with E-state index in [-0.39, 0.29) is 13.0 Å². The van der Waals surface area contributed by atoms with Crippen molar-refractivity contribution in [1.29, 1.82) is 5.26 Å². The molecule has 17 heavy (non-hydrogen) atoms. The Morgan fingerprint density at radius 1 is 1.53 bits per heavy atom. The number of nitriles is 1. The van der Waals surface area contributed by atoms with Gasteiger partial charge >= 0.3 is 0 Å². The number of aromatic nitrogens is 1. The van der Waals surface area contributed by atoms with Gasteiger partial charge in [-0.05, 0) is 25.0 Å². The minimum atomic E-state index is -3.57. The summed E-state index contributed by atoms with van der Waals surface area (Å²) in [6, 6.07) is 5.39. The highest BCUT2D eigenvalue weighted by Gasteiger charge is 2.22. The summed E-state index contributed by atoms with van der Waals surface area (Å²) in [4.78, 5) is 4.07. The number of pyridine rings is 1. The highest BCUT2D eigenvalue weighted by atomic mass is 32.2. The molecule has 0 aromatic carbocycles. The third-order valence-corrected chi connectivity index (χ3v) is 4.07. The van der Waals surface area contributed by atoms with E-state index >= 15 is 0 Å². The number of hydrogen-bond acceptors (Lipinski definition) is 4. The third kappa shape index (κ3) is 3.80. The molecule has 92 valence electrons. The molecule has 1 N–H and O–H groups in total. The van der Waals surface area contributed by atoms with Crippen LogP contribution in [0, 0.1) is 18.3 Å². The molecule has 0 aliphatic rings. The Labute approximate surface area is 102 Å². The van der Waals surface area contributed by atoms with Crippen LogP contribution in [0.3, 0.4) is 0 Å². The fourth-order valence-corrected chi connectivity index (χ4v) is 2.41. The molecule has 5 nitrogen and oxygen atoms in total. The van der Waals surface area contributed by atoms with E-state index in [2.05, 4.69) is 9.71 Å². The fraction of sp³-hybridized carbons (Fsp3) is 0.455. The number of nitrogens with one attached hydrogen (secondary N) is 1. The maximum atomic E-state index is 11.7. The number of nitrogens with zero attached hydrogens (tertiary/aromatic N) is 2. The third-order valence-electron chi connectivity index (χ3n) is 2.34. The molecule has 0 saturated carbocycles. The topological polar surface area (TPSA) is 82.8 Å². The lowest BCUT2D eigenvalue weighted by Crippen LogP contribution is -2.32. The van der Waals surface area contributed by atoms with Crippen LogP contribution in [0.1, 0.15) is 24.6 Å². The fourth-order valence-electron chi connectivity index (χ4n) is 1.27. The van der Waals surface area contributed by atoms with Crippen molar-refractivity contribution >= 4 is 10.0 Å². The standard InChI is InChI=1S/C11H15N3O2S/c1-3-11(6-12)17(15,16)14-8-10-5-4-9(2)13-7-10/h4-5,7,11,14H,3,8H2,1-2H3. The summed E-state index contributed by atoms with van der Waals surface area (Å²) in [6.45, 7) is 3.69. The molecule has 0 spiro atoms. The SMILES string of the molecule is CCC(C#N)S(=O)(=O)NCc1ccc(C)nc1. The van der Waals surface area contributed by atoms with E-state index in [4.69, 9.17) is 5.26 Å². The molecule has 0 radical (unpaired) electrons. The van der Waals surface area contributed by atoms with E-state index in [9.17, 15) is 8.42 Å². The molecule has 0 saturated heterocycles. The van der Waals surface area contributed by atoms with Gasteiger partial charge in [-0.3, -0.25) is 4.98 Å². The maximum Gasteiger partial charge on any atom is 0.228 e. The molecule has 6 heteroatoms. The Morgan fingerprint density at radius 2 is 2.24 bits per heavy atom. The van der Waals surface area contributed by atoms with Crippen LogP contribution in [0.5, 0.6) is 0 Å². The second kappa shape index (κ2) is 5.75. The Morgan fingerprint density at radius 3 is 2.71 bits per heavy atom. The first-order valence-electron chi connectivity index (χ1n) is 5.29. The van der Waals surface area contributed by atoms with E-state index in [0.717, 1.165) is 11.3 Å². The van der Waals surface area contributed by atoms with Gasteiger partial charge in [0.25, 0.3) is 0 Å². The highest BCUT2D eigenvalue weighted by Crippen LogP contribution is 2.05. The van der Waals surface area contributed by atoms with Gasteiger partial charge < -0.3 is 0 Å². The van der Waals surface area contributed by atoms with Crippen LogP contribution < -0.4 is 4.72 Å². The Bertz CT molecular complexity index is 503. The zero-order valence-electron chi connectivity index (χ0n) is 9.84. The first kappa shape index (κ1) is 13.6. The average Bonchev–Trinajstić information content (AvgIpc) is 2.29. The lowest BCUT2D eigenvalue weighted by molar-refractivity contribution is 0.572. The molecular formula is C11H15N3O2S. The van der Waals surface area contributed by atoms with Crippen LogP contribution >= 0.6 is 0 Å². The van der Waals surface area contributed by atoms with Gasteiger partial charge in [-0.15, -0.1) is 0 Å². The number of hydrogen-bond donors (Lipinski definition) is 1. The predicted molar refractivity (Wildman–Crippen MR) is 64.4 cm³/mol. The molecule has 1 heterocycles. The van der Waals surface area contributed by atoms with E-state index in [1.165, 1.54) is 0 Å². The summed E-state index contributed by atoms with van der Waals surface area (Å²) < 4.78 is 25.8. The monoisotopic (exact) mass is 253 g/mol. The van der Waals surface area contributed by atoms with Gasteiger partial charge in [0, 0.05) is 18.4 Å². The van der Waals surface area contributed by atoms with Crippen LogP contribution in [0.2, 0.25) is 0 Å². The minimum absolute atomic E-state index is 0.161. The molecular weight excluding hydrogens is 238 g/mol. The van der Waals surface area contributed by atoms with Gasteiger partial charge in [0.1, 0.15) is 0 Å². The van der Waals surface area contributed by atoms with Gasteiger partial charge in [0.15, 0.2) is 5.25 Å². The van der Waals surface area contributed by atoms with Crippen molar-refractivity contribution in [3.05, 3.63) is 29.6 Å². The summed E-state index contributed by atoms with van der Waals surface area (Å²) in [5.74, 6) is 0. The Kier molecular flexibility index (Phi) is 4.61. The molecule has 0 bridgehead atoms. The Hall–Kier alpha value is -1.45. The second-order valence-electron chi connectivity index (χ2n) is 3.70. The quantitative estimate of drug-likeness (QED) is 0.852. The zero-order chi connectivity index (χ0) is 12.9. The van der Waals surface area contributed by atoms with E-state index < -0.39 is 15.3 Å². The zero-order valence-corrected chi connectivity index (χ0v) is 10.7. The first-order chi connectivity index (χ1) is 7.99. The molecule has 1 aromatic rings. The molecule has 0 aliphatic heterocycles. The van der Waals surface area contributed by atoms with Crippen LogP contribution in [0.25, 0.3) is 0 Å². The average molecular weight is 253 g/mol. The number of aryl methyl sites for hydroxylation is 1. The predicted octanol–water partition coefficient (Wildman–Crippen LogP) is 1.11. The van der Waals surface area contributed by atoms with Crippen molar-refractivity contribution in [2.75, 3.05) is 0 Å². The van der Waals surface area contributed by atoms with E-state index in [1.54, 1.807) is 25.3 Å². The number of sulfonamides is 1. The van der Waals surface area contributed by atoms with Crippen LogP contribution in [0.15, 0.2) is 18.3 Å². The number of rotatable bonds is 5. The van der Waals surface area contributed by atoms with Crippen LogP contribution in [0.4, 0.5) is 0 Å². The first-order valence-corrected chi connectivity index (χ1v) is 6.84. The smallest absolute Gasteiger partial charge is 0.228 e. The van der Waals surface area contributed by atoms with Gasteiger partial charge in [-0.2, -0.15) is 5.26 Å². The molecule has 1 aromatic heterocycles. The van der Waals surface area contributed by atoms with E-state index in [1.807, 2.05) is 13.0 Å². The molecule has 0 amide bonds. The van der Waals surface area contributed by atoms with Crippen molar-refractivity contribution in [2.45, 2.75) is 32.1 Å². The maximum absolute atomic E-state index is 11.7. The molecule has 0 fully saturated rings. The lowest BCUT2D eigenvalue weighted by Gasteiger charge is -2.09. The van der Waals surface area contributed by atoms with Crippen molar-refractivity contribution in [3.63, 3.8) is 0 Å². The summed E-state index contributed by atoms with van der Waals surface area (Å²) in [5, 5.41) is 7.71. The van der Waals surface area contributed by atoms with Crippen molar-refractivity contribution in [2.24, 2.45) is 0 Å². The highest BCUT2D eigenvalue weighted by molar-refractivity contribution is 7.90. The normalized spacial score (nSPS) is 13.0. The second-order valence-corrected chi connectivity index (χ2v) is 5.65. The molecule has 1 unspecified atom stereocenters. The summed E-state index contributed by atoms with van der Waals surface area (Å²) >= 11 is 0. The van der Waals surface area contributed by atoms with Gasteiger partial charge in [0.05, 0.1) is 6.07 Å². The van der Waals surface area contributed by atoms with Crippen molar-refractivity contribution in [3.8, 4) is 6.07 Å². The Balaban J connectivity index is 2.68.